The first-order chi connectivity index (χ1) is 7.77. The lowest BCUT2D eigenvalue weighted by Gasteiger charge is -2.21. The summed E-state index contributed by atoms with van der Waals surface area (Å²) in [5, 5.41) is 0. The molecule has 0 atom stereocenters. The molecule has 0 N–H and O–H groups in total. The van der Waals surface area contributed by atoms with Gasteiger partial charge in [0.15, 0.2) is 0 Å². The third kappa shape index (κ3) is 2.74. The molecule has 0 saturated carbocycles. The monoisotopic (exact) mass is 223 g/mol. The number of hydrogen-bond acceptors (Lipinski definition) is 3. The van der Waals surface area contributed by atoms with Gasteiger partial charge < -0.3 is 9.80 Å². The van der Waals surface area contributed by atoms with E-state index >= 15 is 0 Å². The van der Waals surface area contributed by atoms with Crippen LogP contribution in [0.2, 0.25) is 0 Å². The first-order valence-corrected chi connectivity index (χ1v) is 6.29. The van der Waals surface area contributed by atoms with E-state index in [1.54, 1.807) is 4.90 Å². The summed E-state index contributed by atoms with van der Waals surface area (Å²) >= 11 is 0. The van der Waals surface area contributed by atoms with Gasteiger partial charge in [-0.25, -0.2) is 0 Å². The summed E-state index contributed by atoms with van der Waals surface area (Å²) in [6.45, 7) is 4.56. The number of rotatable bonds is 0. The third-order valence-corrected chi connectivity index (χ3v) is 3.38. The number of carbonyl (C=O) groups is 1. The highest BCUT2D eigenvalue weighted by Crippen LogP contribution is 2.14. The van der Waals surface area contributed by atoms with Crippen LogP contribution < -0.4 is 0 Å². The van der Waals surface area contributed by atoms with Crippen LogP contribution in [-0.4, -0.2) is 54.8 Å². The molecule has 1 amide bonds. The van der Waals surface area contributed by atoms with Crippen molar-refractivity contribution in [2.75, 3.05) is 33.2 Å². The molecule has 0 bridgehead atoms. The smallest absolute Gasteiger partial charge is 0.222 e. The number of nitrogens with zero attached hydrogens (tertiary/aromatic N) is 3. The van der Waals surface area contributed by atoms with Crippen molar-refractivity contribution in [1.82, 2.24) is 9.80 Å². The van der Waals surface area contributed by atoms with Crippen molar-refractivity contribution in [3.05, 3.63) is 0 Å². The highest BCUT2D eigenvalue weighted by Gasteiger charge is 2.19. The average molecular weight is 223 g/mol. The van der Waals surface area contributed by atoms with Crippen molar-refractivity contribution in [2.24, 2.45) is 4.99 Å². The molecule has 0 aromatic carbocycles. The van der Waals surface area contributed by atoms with Crippen molar-refractivity contribution in [3.63, 3.8) is 0 Å². The van der Waals surface area contributed by atoms with Crippen molar-refractivity contribution in [1.29, 1.82) is 0 Å². The predicted octanol–water partition coefficient (Wildman–Crippen LogP) is 1.12. The third-order valence-electron chi connectivity index (χ3n) is 3.38. The molecule has 0 radical (unpaired) electrons. The van der Waals surface area contributed by atoms with Crippen LogP contribution in [0.1, 0.15) is 32.1 Å². The van der Waals surface area contributed by atoms with Crippen molar-refractivity contribution in [2.45, 2.75) is 32.1 Å². The van der Waals surface area contributed by atoms with E-state index in [1.165, 1.54) is 38.2 Å². The zero-order valence-corrected chi connectivity index (χ0v) is 10.1. The Bertz CT molecular complexity index is 288. The van der Waals surface area contributed by atoms with Crippen molar-refractivity contribution in [3.8, 4) is 0 Å². The fourth-order valence-electron chi connectivity index (χ4n) is 2.39. The lowest BCUT2D eigenvalue weighted by Crippen LogP contribution is -2.29. The van der Waals surface area contributed by atoms with Crippen LogP contribution in [0.5, 0.6) is 0 Å². The van der Waals surface area contributed by atoms with Gasteiger partial charge in [0.05, 0.1) is 5.84 Å². The number of likely N-dealkylation sites (tertiary alicyclic amines) is 1. The van der Waals surface area contributed by atoms with E-state index in [0.717, 1.165) is 25.9 Å². The Hall–Kier alpha value is -1.06. The minimum Gasteiger partial charge on any atom is -0.360 e. The summed E-state index contributed by atoms with van der Waals surface area (Å²) in [4.78, 5) is 19.1. The summed E-state index contributed by atoms with van der Waals surface area (Å²) in [5.74, 6) is 1.67. The van der Waals surface area contributed by atoms with Crippen molar-refractivity contribution < 1.29 is 4.79 Å². The molecule has 0 aromatic heterocycles. The molecule has 90 valence electrons. The topological polar surface area (TPSA) is 35.9 Å². The van der Waals surface area contributed by atoms with E-state index in [1.807, 2.05) is 7.05 Å². The van der Waals surface area contributed by atoms with Gasteiger partial charge in [0.2, 0.25) is 5.91 Å². The molecule has 4 heteroatoms. The summed E-state index contributed by atoms with van der Waals surface area (Å²) < 4.78 is 0. The Balaban J connectivity index is 0.000000125. The molecule has 4 nitrogen and oxygen atoms in total. The Morgan fingerprint density at radius 2 is 1.81 bits per heavy atom. The predicted molar refractivity (Wildman–Crippen MR) is 64.6 cm³/mol. The minimum atomic E-state index is 0.292. The highest BCUT2D eigenvalue weighted by atomic mass is 16.2. The van der Waals surface area contributed by atoms with Crippen LogP contribution >= 0.6 is 0 Å². The zero-order chi connectivity index (χ0) is 11.4. The van der Waals surface area contributed by atoms with Gasteiger partial charge in [0, 0.05) is 46.1 Å². The quantitative estimate of drug-likeness (QED) is 0.617. The van der Waals surface area contributed by atoms with Crippen LogP contribution in [0.3, 0.4) is 0 Å². The summed E-state index contributed by atoms with van der Waals surface area (Å²) in [6.07, 6.45) is 5.65. The molecule has 2 saturated heterocycles. The van der Waals surface area contributed by atoms with E-state index in [0.29, 0.717) is 5.91 Å². The van der Waals surface area contributed by atoms with Gasteiger partial charge in [-0.3, -0.25) is 9.79 Å². The van der Waals surface area contributed by atoms with E-state index in [2.05, 4.69) is 9.89 Å². The Morgan fingerprint density at radius 3 is 2.38 bits per heavy atom. The Morgan fingerprint density at radius 1 is 1.06 bits per heavy atom. The number of carbonyl (C=O) groups excluding carboxylic acids is 1. The SMILES string of the molecule is C1CN=C2CCCN2C1.CN1CCCC1=O. The average Bonchev–Trinajstić information content (AvgIpc) is 2.89. The molecule has 3 rings (SSSR count). The second-order valence-electron chi connectivity index (χ2n) is 4.66. The Labute approximate surface area is 97.3 Å². The molecule has 0 aromatic rings. The van der Waals surface area contributed by atoms with E-state index in [4.69, 9.17) is 0 Å². The van der Waals surface area contributed by atoms with Gasteiger partial charge in [0.1, 0.15) is 0 Å². The highest BCUT2D eigenvalue weighted by molar-refractivity contribution is 5.84. The number of amidine groups is 1. The Kier molecular flexibility index (Phi) is 3.80. The largest absolute Gasteiger partial charge is 0.360 e. The maximum atomic E-state index is 10.5. The molecule has 16 heavy (non-hydrogen) atoms. The zero-order valence-electron chi connectivity index (χ0n) is 10.1. The van der Waals surface area contributed by atoms with Gasteiger partial charge in [-0.15, -0.1) is 0 Å². The number of aliphatic imine (C=N–C) groups is 1. The van der Waals surface area contributed by atoms with Crippen LogP contribution in [0, 0.1) is 0 Å². The molecule has 3 heterocycles. The molecule has 3 aliphatic rings. The summed E-state index contributed by atoms with van der Waals surface area (Å²) in [7, 11) is 1.84. The van der Waals surface area contributed by atoms with Gasteiger partial charge in [-0.1, -0.05) is 0 Å². The van der Waals surface area contributed by atoms with Crippen LogP contribution in [0.4, 0.5) is 0 Å². The maximum Gasteiger partial charge on any atom is 0.222 e. The molecular formula is C12H21N3O. The van der Waals surface area contributed by atoms with E-state index in [9.17, 15) is 4.79 Å². The van der Waals surface area contributed by atoms with Gasteiger partial charge in [0.25, 0.3) is 0 Å². The number of fused-ring (bicyclic) bond motifs is 1. The van der Waals surface area contributed by atoms with Crippen LogP contribution in [0.15, 0.2) is 4.99 Å². The fourth-order valence-corrected chi connectivity index (χ4v) is 2.39. The molecular weight excluding hydrogens is 202 g/mol. The summed E-state index contributed by atoms with van der Waals surface area (Å²) in [6, 6.07) is 0. The minimum absolute atomic E-state index is 0.292. The fraction of sp³-hybridized carbons (Fsp3) is 0.833. The van der Waals surface area contributed by atoms with Gasteiger partial charge in [-0.2, -0.15) is 0 Å². The maximum absolute atomic E-state index is 10.5. The molecule has 0 spiro atoms. The molecule has 2 fully saturated rings. The first kappa shape index (κ1) is 11.4. The van der Waals surface area contributed by atoms with Crippen LogP contribution in [-0.2, 0) is 4.79 Å². The second-order valence-corrected chi connectivity index (χ2v) is 4.66. The first-order valence-electron chi connectivity index (χ1n) is 6.29. The van der Waals surface area contributed by atoms with Gasteiger partial charge in [-0.05, 0) is 19.3 Å². The van der Waals surface area contributed by atoms with E-state index < -0.39 is 0 Å². The second kappa shape index (κ2) is 5.32. The van der Waals surface area contributed by atoms with Gasteiger partial charge >= 0.3 is 0 Å². The molecule has 0 unspecified atom stereocenters. The lowest BCUT2D eigenvalue weighted by molar-refractivity contribution is -0.126. The lowest BCUT2D eigenvalue weighted by atomic mass is 10.3. The van der Waals surface area contributed by atoms with Crippen LogP contribution in [0.25, 0.3) is 0 Å². The number of hydrogen-bond donors (Lipinski definition) is 0. The standard InChI is InChI=1S/C7H12N2.C5H9NO/c1-3-7-8-4-2-6-9(7)5-1;1-6-4-2-3-5(6)7/h1-6H2;2-4H2,1H3. The summed E-state index contributed by atoms with van der Waals surface area (Å²) in [5.41, 5.74) is 0. The molecule has 0 aliphatic carbocycles. The van der Waals surface area contributed by atoms with Crippen molar-refractivity contribution >= 4 is 11.7 Å². The van der Waals surface area contributed by atoms with E-state index in [-0.39, 0.29) is 0 Å². The molecule has 3 aliphatic heterocycles. The normalized spacial score (nSPS) is 23.8. The number of amides is 1.